The number of fused-ring (bicyclic) bond motifs is 12. The zero-order chi connectivity index (χ0) is 41.5. The average molecular weight is 874 g/mol. The molecule has 0 saturated heterocycles. The lowest BCUT2D eigenvalue weighted by Crippen LogP contribution is -1.88. The Bertz CT molecular complexity index is 3390. The number of nitrogens with zero attached hydrogens (tertiary/aromatic N) is 4. The van der Waals surface area contributed by atoms with Crippen molar-refractivity contribution in [2.24, 2.45) is 0 Å². The Morgan fingerprint density at radius 1 is 0.383 bits per heavy atom. The summed E-state index contributed by atoms with van der Waals surface area (Å²) in [6, 6.07) is 46.7. The quantitative estimate of drug-likeness (QED) is 0.154. The first kappa shape index (κ1) is 40.1. The Balaban J connectivity index is 0.000000103. The van der Waals surface area contributed by atoms with Crippen LogP contribution in [0.5, 0.6) is 0 Å². The van der Waals surface area contributed by atoms with E-state index in [-0.39, 0.29) is 5.38 Å². The number of halogens is 1. The molecule has 4 nitrogen and oxygen atoms in total. The Labute approximate surface area is 369 Å². The van der Waals surface area contributed by atoms with E-state index in [2.05, 4.69) is 181 Å². The van der Waals surface area contributed by atoms with Crippen molar-refractivity contribution in [2.45, 2.75) is 46.9 Å². The van der Waals surface area contributed by atoms with Crippen molar-refractivity contribution < 1.29 is 0 Å². The lowest BCUT2D eigenvalue weighted by molar-refractivity contribution is 1.10. The second-order valence-corrected chi connectivity index (χ2v) is 20.4. The third kappa shape index (κ3) is 7.98. The highest BCUT2D eigenvalue weighted by atomic mass is 35.5. The minimum atomic E-state index is 0.00584. The van der Waals surface area contributed by atoms with Gasteiger partial charge in [0.25, 0.3) is 0 Å². The molecule has 0 fully saturated rings. The first-order valence-corrected chi connectivity index (χ1v) is 23.5. The van der Waals surface area contributed by atoms with Gasteiger partial charge in [-0.05, 0) is 98.5 Å². The van der Waals surface area contributed by atoms with Crippen molar-refractivity contribution in [1.29, 1.82) is 0 Å². The molecule has 0 N–H and O–H groups in total. The van der Waals surface area contributed by atoms with Crippen molar-refractivity contribution in [3.63, 3.8) is 0 Å². The molecule has 0 amide bonds. The highest BCUT2D eigenvalue weighted by Gasteiger charge is 2.13. The Hall–Kier alpha value is -5.35. The van der Waals surface area contributed by atoms with Gasteiger partial charge in [0.15, 0.2) is 0 Å². The van der Waals surface area contributed by atoms with Crippen LogP contribution < -0.4 is 0 Å². The summed E-state index contributed by atoms with van der Waals surface area (Å²) in [4.78, 5) is 18.4. The number of aryl methyl sites for hydroxylation is 5. The van der Waals surface area contributed by atoms with Gasteiger partial charge >= 0.3 is 0 Å². The average Bonchev–Trinajstić information content (AvgIpc) is 4.04. The molecule has 0 bridgehead atoms. The van der Waals surface area contributed by atoms with Gasteiger partial charge in [-0.1, -0.05) is 109 Å². The maximum Gasteiger partial charge on any atom is 0.0908 e. The van der Waals surface area contributed by atoms with Crippen molar-refractivity contribution >= 4 is 141 Å². The fourth-order valence-electron chi connectivity index (χ4n) is 7.83. The van der Waals surface area contributed by atoms with E-state index < -0.39 is 0 Å². The molecular formula is C51H41ClN4S4. The van der Waals surface area contributed by atoms with Crippen molar-refractivity contribution in [2.75, 3.05) is 0 Å². The molecule has 12 rings (SSSR count). The van der Waals surface area contributed by atoms with Gasteiger partial charge in [0.05, 0.1) is 66.3 Å². The largest absolute Gasteiger partial charge is 0.241 e. The zero-order valence-electron chi connectivity index (χ0n) is 34.1. The molecule has 60 heavy (non-hydrogen) atoms. The summed E-state index contributed by atoms with van der Waals surface area (Å²) in [6.07, 6.45) is 0. The van der Waals surface area contributed by atoms with Gasteiger partial charge in [0.2, 0.25) is 0 Å². The van der Waals surface area contributed by atoms with Crippen LogP contribution in [-0.2, 0) is 0 Å². The van der Waals surface area contributed by atoms with Crippen LogP contribution >= 0.6 is 56.9 Å². The summed E-state index contributed by atoms with van der Waals surface area (Å²) < 4.78 is 5.08. The van der Waals surface area contributed by atoms with Crippen LogP contribution in [0.2, 0.25) is 0 Å². The van der Waals surface area contributed by atoms with E-state index in [1.807, 2.05) is 13.8 Å². The summed E-state index contributed by atoms with van der Waals surface area (Å²) in [6.45, 7) is 12.4. The van der Waals surface area contributed by atoms with Crippen LogP contribution in [0.25, 0.3) is 84.0 Å². The molecule has 0 aliphatic heterocycles. The number of alkyl halides is 1. The van der Waals surface area contributed by atoms with E-state index in [0.717, 1.165) is 42.1 Å². The minimum absolute atomic E-state index is 0.00584. The van der Waals surface area contributed by atoms with Crippen LogP contribution in [0.4, 0.5) is 0 Å². The SMILES string of the molecule is Cc1nc2c(ccc3cccc(C(C)Cl)c32)s1.Cc1nc2c(ccc3cccc(C)c32)s1.Cc1nc2c(ccc3ccccc32)s1.Cc1nc2c(ccc3ccccc32)s1. The van der Waals surface area contributed by atoms with Gasteiger partial charge in [-0.2, -0.15) is 0 Å². The predicted molar refractivity (Wildman–Crippen MR) is 266 cm³/mol. The number of hydrogen-bond acceptors (Lipinski definition) is 8. The number of benzene rings is 8. The number of aromatic nitrogens is 4. The summed E-state index contributed by atoms with van der Waals surface area (Å²) in [7, 11) is 0. The molecule has 0 radical (unpaired) electrons. The number of rotatable bonds is 1. The molecule has 1 unspecified atom stereocenters. The van der Waals surface area contributed by atoms with Crippen LogP contribution in [0.15, 0.2) is 133 Å². The fraction of sp³-hybridized carbons (Fsp3) is 0.137. The molecule has 0 aliphatic carbocycles. The lowest BCUT2D eigenvalue weighted by atomic mass is 10.0. The highest BCUT2D eigenvalue weighted by Crippen LogP contribution is 2.36. The summed E-state index contributed by atoms with van der Waals surface area (Å²) in [5, 5.41) is 14.6. The molecule has 12 aromatic rings. The topological polar surface area (TPSA) is 51.6 Å². The number of hydrogen-bond donors (Lipinski definition) is 0. The van der Waals surface area contributed by atoms with Crippen LogP contribution in [0, 0.1) is 34.6 Å². The molecular weight excluding hydrogens is 832 g/mol. The van der Waals surface area contributed by atoms with Gasteiger partial charge in [-0.15, -0.1) is 56.9 Å². The van der Waals surface area contributed by atoms with E-state index in [1.165, 1.54) is 73.0 Å². The van der Waals surface area contributed by atoms with Gasteiger partial charge in [0, 0.05) is 21.5 Å². The molecule has 296 valence electrons. The Kier molecular flexibility index (Phi) is 11.3. The van der Waals surface area contributed by atoms with Crippen molar-refractivity contribution in [3.8, 4) is 0 Å². The molecule has 4 heterocycles. The van der Waals surface area contributed by atoms with E-state index in [9.17, 15) is 0 Å². The Morgan fingerprint density at radius 2 is 0.750 bits per heavy atom. The first-order valence-electron chi connectivity index (χ1n) is 19.8. The van der Waals surface area contributed by atoms with Gasteiger partial charge in [-0.25, -0.2) is 19.9 Å². The smallest absolute Gasteiger partial charge is 0.0908 e. The molecule has 4 aromatic heterocycles. The zero-order valence-corrected chi connectivity index (χ0v) is 38.1. The normalized spacial score (nSPS) is 11.8. The van der Waals surface area contributed by atoms with Gasteiger partial charge in [-0.3, -0.25) is 0 Å². The fourth-order valence-corrected chi connectivity index (χ4v) is 11.4. The highest BCUT2D eigenvalue weighted by molar-refractivity contribution is 7.19. The minimum Gasteiger partial charge on any atom is -0.241 e. The Morgan fingerprint density at radius 3 is 1.23 bits per heavy atom. The number of thiazole rings is 4. The second kappa shape index (κ2) is 17.0. The molecule has 0 saturated carbocycles. The molecule has 0 spiro atoms. The second-order valence-electron chi connectivity index (χ2n) is 14.8. The maximum absolute atomic E-state index is 6.26. The van der Waals surface area contributed by atoms with E-state index in [0.29, 0.717) is 0 Å². The summed E-state index contributed by atoms with van der Waals surface area (Å²) in [5.41, 5.74) is 7.01. The third-order valence-corrected chi connectivity index (χ3v) is 14.4. The molecule has 9 heteroatoms. The predicted octanol–water partition coefficient (Wildman–Crippen LogP) is 16.6. The monoisotopic (exact) mass is 872 g/mol. The van der Waals surface area contributed by atoms with Crippen molar-refractivity contribution in [1.82, 2.24) is 19.9 Å². The van der Waals surface area contributed by atoms with Crippen LogP contribution in [-0.4, -0.2) is 19.9 Å². The summed E-state index contributed by atoms with van der Waals surface area (Å²) >= 11 is 13.3. The molecule has 8 aromatic carbocycles. The molecule has 1 atom stereocenters. The maximum atomic E-state index is 6.26. The van der Waals surface area contributed by atoms with Gasteiger partial charge in [0.1, 0.15) is 0 Å². The summed E-state index contributed by atoms with van der Waals surface area (Å²) in [5.74, 6) is 0. The van der Waals surface area contributed by atoms with E-state index in [4.69, 9.17) is 11.6 Å². The lowest BCUT2D eigenvalue weighted by Gasteiger charge is -2.08. The molecule has 0 aliphatic rings. The van der Waals surface area contributed by atoms with Crippen LogP contribution in [0.3, 0.4) is 0 Å². The van der Waals surface area contributed by atoms with E-state index in [1.54, 1.807) is 45.3 Å². The van der Waals surface area contributed by atoms with Crippen molar-refractivity contribution in [3.05, 3.63) is 165 Å². The van der Waals surface area contributed by atoms with Gasteiger partial charge < -0.3 is 0 Å². The standard InChI is InChI=1S/C14H12ClNS.C13H11NS.2C12H9NS/c1-8(15)11-5-3-4-10-6-7-12-14(13(10)11)16-9(2)17-12;1-8-4-3-5-10-6-7-11-13(12(8)10)14-9(2)15-11;2*1-8-13-12-10-5-3-2-4-9(10)6-7-11(12)14-8/h3-8H,1-2H3;3-7H,1-2H3;2*2-7H,1H3. The van der Waals surface area contributed by atoms with Crippen LogP contribution in [0.1, 0.15) is 43.5 Å². The first-order chi connectivity index (χ1) is 29.1. The third-order valence-electron chi connectivity index (χ3n) is 10.5. The van der Waals surface area contributed by atoms with E-state index >= 15 is 0 Å².